The molecule has 1 fully saturated rings. The average molecular weight is 339 g/mol. The lowest BCUT2D eigenvalue weighted by molar-refractivity contribution is -0.158. The van der Waals surface area contributed by atoms with E-state index in [0.717, 1.165) is 16.2 Å². The fraction of sp³-hybridized carbons (Fsp3) is 0.333. The number of amides is 4. The van der Waals surface area contributed by atoms with E-state index in [4.69, 9.17) is 0 Å². The van der Waals surface area contributed by atoms with Gasteiger partial charge in [-0.25, -0.2) is 0 Å². The topological polar surface area (TPSA) is 78.0 Å². The molecular weight excluding hydrogens is 322 g/mol. The summed E-state index contributed by atoms with van der Waals surface area (Å²) in [6.07, 6.45) is 1.12. The van der Waals surface area contributed by atoms with Crippen LogP contribution in [0.3, 0.4) is 0 Å². The van der Waals surface area contributed by atoms with Gasteiger partial charge in [-0.3, -0.25) is 33.9 Å². The van der Waals surface area contributed by atoms with Crippen LogP contribution in [0.4, 0.5) is 5.69 Å². The van der Waals surface area contributed by atoms with Crippen molar-refractivity contribution in [3.63, 3.8) is 0 Å². The highest BCUT2D eigenvalue weighted by atomic mass is 16.2. The molecule has 25 heavy (non-hydrogen) atoms. The number of benzene rings is 1. The van der Waals surface area contributed by atoms with Gasteiger partial charge in [-0.1, -0.05) is 18.2 Å². The van der Waals surface area contributed by atoms with Gasteiger partial charge in [-0.15, -0.1) is 0 Å². The quantitative estimate of drug-likeness (QED) is 0.705. The molecule has 0 bridgehead atoms. The molecule has 7 nitrogen and oxygen atoms in total. The Morgan fingerprint density at radius 2 is 1.64 bits per heavy atom. The van der Waals surface area contributed by atoms with Crippen molar-refractivity contribution in [1.82, 2.24) is 9.80 Å². The maximum absolute atomic E-state index is 12.9. The van der Waals surface area contributed by atoms with Crippen LogP contribution in [0.5, 0.6) is 0 Å². The second-order valence-electron chi connectivity index (χ2n) is 6.52. The standard InChI is InChI=1S/C18H17N3O4/c1-9-17(24)21-15(18(25)19(9)10(2)22)8-13-12-6-4-5-7-14(12)20(11(3)23)16(13)21/h4-9,13,16H,1-3H3/t9-,13-,16-/m0/s1. The highest BCUT2D eigenvalue weighted by Crippen LogP contribution is 2.49. The van der Waals surface area contributed by atoms with Crippen molar-refractivity contribution in [3.8, 4) is 0 Å². The number of nitrogens with zero attached hydrogens (tertiary/aromatic N) is 3. The van der Waals surface area contributed by atoms with Gasteiger partial charge < -0.3 is 0 Å². The summed E-state index contributed by atoms with van der Waals surface area (Å²) < 4.78 is 0. The van der Waals surface area contributed by atoms with Gasteiger partial charge in [0.25, 0.3) is 11.8 Å². The molecule has 0 spiro atoms. The number of hydrogen-bond acceptors (Lipinski definition) is 4. The van der Waals surface area contributed by atoms with Gasteiger partial charge in [0, 0.05) is 25.5 Å². The second-order valence-corrected chi connectivity index (χ2v) is 6.52. The molecule has 7 heteroatoms. The third-order valence-electron chi connectivity index (χ3n) is 5.10. The smallest absolute Gasteiger partial charge is 0.277 e. The molecule has 1 aromatic rings. The van der Waals surface area contributed by atoms with Gasteiger partial charge in [0.15, 0.2) is 0 Å². The lowest BCUT2D eigenvalue weighted by Gasteiger charge is -2.41. The first kappa shape index (κ1) is 15.6. The summed E-state index contributed by atoms with van der Waals surface area (Å²) in [6.45, 7) is 4.25. The molecule has 0 unspecified atom stereocenters. The molecule has 3 heterocycles. The van der Waals surface area contributed by atoms with Crippen LogP contribution in [0, 0.1) is 0 Å². The number of imide groups is 1. The second kappa shape index (κ2) is 5.02. The van der Waals surface area contributed by atoms with Crippen molar-refractivity contribution in [1.29, 1.82) is 0 Å². The Hall–Kier alpha value is -2.96. The van der Waals surface area contributed by atoms with Gasteiger partial charge >= 0.3 is 0 Å². The van der Waals surface area contributed by atoms with E-state index >= 15 is 0 Å². The van der Waals surface area contributed by atoms with Crippen LogP contribution >= 0.6 is 0 Å². The number of piperazine rings is 1. The maximum atomic E-state index is 12.9. The molecule has 1 aromatic carbocycles. The molecule has 0 saturated carbocycles. The van der Waals surface area contributed by atoms with Crippen LogP contribution in [0.1, 0.15) is 32.3 Å². The number of carbonyl (C=O) groups excluding carboxylic acids is 4. The summed E-state index contributed by atoms with van der Waals surface area (Å²) in [5, 5.41) is 0. The molecule has 4 rings (SSSR count). The first-order valence-corrected chi connectivity index (χ1v) is 8.12. The van der Waals surface area contributed by atoms with Crippen LogP contribution in [0.2, 0.25) is 0 Å². The van der Waals surface area contributed by atoms with E-state index in [0.29, 0.717) is 0 Å². The summed E-state index contributed by atoms with van der Waals surface area (Å²) in [4.78, 5) is 53.7. The first-order valence-electron chi connectivity index (χ1n) is 8.12. The molecule has 3 aliphatic rings. The van der Waals surface area contributed by atoms with Crippen LogP contribution in [-0.4, -0.2) is 45.6 Å². The molecule has 128 valence electrons. The lowest BCUT2D eigenvalue weighted by Crippen LogP contribution is -2.62. The monoisotopic (exact) mass is 339 g/mol. The Balaban J connectivity index is 1.88. The number of para-hydroxylation sites is 1. The summed E-state index contributed by atoms with van der Waals surface area (Å²) in [6, 6.07) is 6.54. The van der Waals surface area contributed by atoms with E-state index in [1.165, 1.54) is 25.7 Å². The summed E-state index contributed by atoms with van der Waals surface area (Å²) in [5.74, 6) is -1.78. The zero-order valence-electron chi connectivity index (χ0n) is 14.1. The summed E-state index contributed by atoms with van der Waals surface area (Å²) in [5.41, 5.74) is 1.82. The van der Waals surface area contributed by atoms with Crippen LogP contribution < -0.4 is 4.90 Å². The van der Waals surface area contributed by atoms with Crippen LogP contribution in [0.15, 0.2) is 36.0 Å². The Morgan fingerprint density at radius 3 is 2.28 bits per heavy atom. The number of rotatable bonds is 0. The third-order valence-corrected chi connectivity index (χ3v) is 5.10. The fourth-order valence-corrected chi connectivity index (χ4v) is 4.10. The van der Waals surface area contributed by atoms with Crippen molar-refractivity contribution in [2.45, 2.75) is 38.9 Å². The summed E-state index contributed by atoms with van der Waals surface area (Å²) in [7, 11) is 0. The average Bonchev–Trinajstić information content (AvgIpc) is 3.07. The van der Waals surface area contributed by atoms with Crippen LogP contribution in [0.25, 0.3) is 0 Å². The lowest BCUT2D eigenvalue weighted by atomic mass is 10.0. The fourth-order valence-electron chi connectivity index (χ4n) is 4.10. The SMILES string of the molecule is CC(=O)N1C(=O)C2=C[C@H]3c4ccccc4N(C(C)=O)[C@H]3N2C(=O)[C@@H]1C. The van der Waals surface area contributed by atoms with Gasteiger partial charge in [0.05, 0.1) is 0 Å². The number of fused-ring (bicyclic) bond motifs is 5. The first-order chi connectivity index (χ1) is 11.8. The van der Waals surface area contributed by atoms with Gasteiger partial charge in [0.2, 0.25) is 11.8 Å². The molecule has 3 atom stereocenters. The highest BCUT2D eigenvalue weighted by molar-refractivity contribution is 6.13. The number of hydrogen-bond donors (Lipinski definition) is 0. The molecule has 0 N–H and O–H groups in total. The zero-order valence-corrected chi connectivity index (χ0v) is 14.1. The van der Waals surface area contributed by atoms with E-state index in [9.17, 15) is 19.2 Å². The molecule has 3 aliphatic heterocycles. The third kappa shape index (κ3) is 1.86. The van der Waals surface area contributed by atoms with E-state index < -0.39 is 24.0 Å². The summed E-state index contributed by atoms with van der Waals surface area (Å²) >= 11 is 0. The van der Waals surface area contributed by atoms with Gasteiger partial charge in [-0.05, 0) is 24.6 Å². The van der Waals surface area contributed by atoms with Crippen molar-refractivity contribution >= 4 is 29.3 Å². The predicted molar refractivity (Wildman–Crippen MR) is 88.0 cm³/mol. The Bertz CT molecular complexity index is 875. The number of carbonyl (C=O) groups is 4. The predicted octanol–water partition coefficient (Wildman–Crippen LogP) is 0.966. The minimum absolute atomic E-state index is 0.175. The van der Waals surface area contributed by atoms with Crippen LogP contribution in [-0.2, 0) is 19.2 Å². The van der Waals surface area contributed by atoms with Crippen molar-refractivity contribution in [2.24, 2.45) is 0 Å². The van der Waals surface area contributed by atoms with E-state index in [-0.39, 0.29) is 23.4 Å². The Labute approximate surface area is 144 Å². The molecule has 0 radical (unpaired) electrons. The largest absolute Gasteiger partial charge is 0.290 e. The highest BCUT2D eigenvalue weighted by Gasteiger charge is 2.55. The Kier molecular flexibility index (Phi) is 3.12. The molecule has 1 saturated heterocycles. The maximum Gasteiger partial charge on any atom is 0.277 e. The molecular formula is C18H17N3O4. The molecule has 0 aliphatic carbocycles. The van der Waals surface area contributed by atoms with E-state index in [1.54, 1.807) is 11.0 Å². The minimum Gasteiger partial charge on any atom is -0.290 e. The van der Waals surface area contributed by atoms with Gasteiger partial charge in [0.1, 0.15) is 17.9 Å². The van der Waals surface area contributed by atoms with E-state index in [1.807, 2.05) is 24.3 Å². The van der Waals surface area contributed by atoms with Gasteiger partial charge in [-0.2, -0.15) is 0 Å². The van der Waals surface area contributed by atoms with Crippen molar-refractivity contribution in [3.05, 3.63) is 41.6 Å². The molecule has 4 amide bonds. The number of anilines is 1. The van der Waals surface area contributed by atoms with Crippen molar-refractivity contribution in [2.75, 3.05) is 4.90 Å². The van der Waals surface area contributed by atoms with Crippen molar-refractivity contribution < 1.29 is 19.2 Å². The normalized spacial score (nSPS) is 27.1. The Morgan fingerprint density at radius 1 is 1.00 bits per heavy atom. The minimum atomic E-state index is -0.890. The molecule has 0 aromatic heterocycles. The van der Waals surface area contributed by atoms with E-state index in [2.05, 4.69) is 0 Å². The zero-order chi connectivity index (χ0) is 18.0.